The second-order valence-corrected chi connectivity index (χ2v) is 12.7. The van der Waals surface area contributed by atoms with Crippen LogP contribution in [0, 0.1) is 28.5 Å². The monoisotopic (exact) mass is 643 g/mol. The van der Waals surface area contributed by atoms with Crippen molar-refractivity contribution in [2.75, 3.05) is 38.6 Å². The lowest BCUT2D eigenvalue weighted by Gasteiger charge is -2.27. The Kier molecular flexibility index (Phi) is 10.9. The zero-order chi connectivity index (χ0) is 32.9. The van der Waals surface area contributed by atoms with Gasteiger partial charge in [-0.25, -0.2) is 14.0 Å². The van der Waals surface area contributed by atoms with Gasteiger partial charge in [-0.05, 0) is 41.7 Å². The number of rotatable bonds is 8. The number of ether oxygens (including phenoxy) is 3. The molecule has 0 aliphatic carbocycles. The summed E-state index contributed by atoms with van der Waals surface area (Å²) in [6.07, 6.45) is -1.15. The van der Waals surface area contributed by atoms with Crippen molar-refractivity contribution in [2.45, 2.75) is 58.4 Å². The maximum absolute atomic E-state index is 15.3. The molecule has 2 aromatic rings. The van der Waals surface area contributed by atoms with Crippen molar-refractivity contribution in [3.05, 3.63) is 58.4 Å². The molecule has 0 radical (unpaired) electrons. The van der Waals surface area contributed by atoms with Crippen LogP contribution >= 0.6 is 11.6 Å². The van der Waals surface area contributed by atoms with Crippen LogP contribution < -0.4 is 20.7 Å². The van der Waals surface area contributed by atoms with Gasteiger partial charge in [0.2, 0.25) is 12.2 Å². The Morgan fingerprint density at radius 3 is 2.53 bits per heavy atom. The first-order valence-corrected chi connectivity index (χ1v) is 15.2. The molecule has 4 unspecified atom stereocenters. The van der Waals surface area contributed by atoms with E-state index in [1.54, 1.807) is 12.1 Å². The van der Waals surface area contributed by atoms with Crippen LogP contribution in [0.5, 0.6) is 5.75 Å². The number of anilines is 1. The lowest BCUT2D eigenvalue weighted by molar-refractivity contribution is -0.118. The molecule has 0 saturated carbocycles. The molecular formula is C32H39ClFN5O6. The number of carbonyl (C=O) groups excluding carboxylic acids is 3. The third kappa shape index (κ3) is 8.22. The molecular weight excluding hydrogens is 605 g/mol. The molecule has 2 amide bonds. The molecule has 3 N–H and O–H groups in total. The standard InChI is InChI=1S/C32H39ClFN5O6/c1-18(45-31(42)39-13-11-36-12-14-39)44-30(41)19-9-10-23(25(15-19)43-5)38-29(40)28-26(20-7-6-8-22(33)27(20)34)21(17-35)24(37-28)16-32(2,3)4/h6-10,15,18,21,24,26,28,36-37H,11-14,16H2,1-5H3,(H,38,40)/t18?,21?,24?,26?,28-/m1/s1. The largest absolute Gasteiger partial charge is 0.495 e. The number of hydrogen-bond acceptors (Lipinski definition) is 9. The number of nitrogens with zero attached hydrogens (tertiary/aromatic N) is 2. The van der Waals surface area contributed by atoms with E-state index in [1.807, 2.05) is 20.8 Å². The van der Waals surface area contributed by atoms with E-state index in [9.17, 15) is 19.6 Å². The Bertz CT molecular complexity index is 1450. The summed E-state index contributed by atoms with van der Waals surface area (Å²) in [6.45, 7) is 9.81. The van der Waals surface area contributed by atoms with Crippen LogP contribution in [0.25, 0.3) is 0 Å². The Hall–Kier alpha value is -3.92. The van der Waals surface area contributed by atoms with Crippen molar-refractivity contribution >= 4 is 35.3 Å². The van der Waals surface area contributed by atoms with E-state index in [2.05, 4.69) is 22.0 Å². The number of hydrogen-bond donors (Lipinski definition) is 3. The highest BCUT2D eigenvalue weighted by Gasteiger charge is 2.49. The maximum atomic E-state index is 15.3. The van der Waals surface area contributed by atoms with E-state index in [-0.39, 0.29) is 33.0 Å². The zero-order valence-corrected chi connectivity index (χ0v) is 26.7. The van der Waals surface area contributed by atoms with Crippen molar-refractivity contribution in [3.63, 3.8) is 0 Å². The van der Waals surface area contributed by atoms with Gasteiger partial charge in [0.1, 0.15) is 11.6 Å². The first kappa shape index (κ1) is 34.0. The van der Waals surface area contributed by atoms with Gasteiger partial charge in [0.05, 0.1) is 41.4 Å². The van der Waals surface area contributed by atoms with Crippen LogP contribution in [0.4, 0.5) is 14.9 Å². The van der Waals surface area contributed by atoms with Crippen LogP contribution in [0.3, 0.4) is 0 Å². The molecule has 4 rings (SSSR count). The van der Waals surface area contributed by atoms with E-state index in [4.69, 9.17) is 25.8 Å². The smallest absolute Gasteiger partial charge is 0.412 e. The van der Waals surface area contributed by atoms with Gasteiger partial charge < -0.3 is 35.1 Å². The summed E-state index contributed by atoms with van der Waals surface area (Å²) in [7, 11) is 1.38. The normalized spacial score (nSPS) is 22.2. The summed E-state index contributed by atoms with van der Waals surface area (Å²) in [5.74, 6) is -3.33. The Morgan fingerprint density at radius 2 is 1.89 bits per heavy atom. The maximum Gasteiger partial charge on any atom is 0.412 e. The lowest BCUT2D eigenvalue weighted by atomic mass is 9.77. The molecule has 5 atom stereocenters. The molecule has 13 heteroatoms. The third-order valence-corrected chi connectivity index (χ3v) is 8.08. The summed E-state index contributed by atoms with van der Waals surface area (Å²) in [6, 6.07) is 9.78. The van der Waals surface area contributed by atoms with Crippen molar-refractivity contribution < 1.29 is 33.0 Å². The Balaban J connectivity index is 1.51. The van der Waals surface area contributed by atoms with Crippen molar-refractivity contribution in [1.82, 2.24) is 15.5 Å². The molecule has 2 aromatic carbocycles. The van der Waals surface area contributed by atoms with Gasteiger partial charge in [-0.15, -0.1) is 0 Å². The average Bonchev–Trinajstić information content (AvgIpc) is 3.35. The van der Waals surface area contributed by atoms with Crippen LogP contribution in [0.1, 0.15) is 56.0 Å². The van der Waals surface area contributed by atoms with E-state index in [0.29, 0.717) is 32.6 Å². The summed E-state index contributed by atoms with van der Waals surface area (Å²) in [4.78, 5) is 40.5. The van der Waals surface area contributed by atoms with Crippen LogP contribution in [0.15, 0.2) is 36.4 Å². The molecule has 0 bridgehead atoms. The number of methoxy groups -OCH3 is 1. The number of halogens is 2. The number of benzene rings is 2. The lowest BCUT2D eigenvalue weighted by Crippen LogP contribution is -2.47. The third-order valence-electron chi connectivity index (χ3n) is 7.79. The van der Waals surface area contributed by atoms with E-state index >= 15 is 4.39 Å². The van der Waals surface area contributed by atoms with Gasteiger partial charge in [0.25, 0.3) is 0 Å². The fraction of sp³-hybridized carbons (Fsp3) is 0.500. The van der Waals surface area contributed by atoms with Gasteiger partial charge in [0, 0.05) is 45.1 Å². The molecule has 2 fully saturated rings. The highest BCUT2D eigenvalue weighted by Crippen LogP contribution is 2.42. The molecule has 11 nitrogen and oxygen atoms in total. The quantitative estimate of drug-likeness (QED) is 0.276. The number of esters is 1. The molecule has 2 heterocycles. The predicted molar refractivity (Wildman–Crippen MR) is 165 cm³/mol. The molecule has 2 aliphatic heterocycles. The number of carbonyl (C=O) groups is 3. The van der Waals surface area contributed by atoms with Crippen LogP contribution in [-0.2, 0) is 14.3 Å². The Labute approximate surface area is 267 Å². The van der Waals surface area contributed by atoms with E-state index < -0.39 is 54.0 Å². The van der Waals surface area contributed by atoms with Gasteiger partial charge in [-0.3, -0.25) is 4.79 Å². The predicted octanol–water partition coefficient (Wildman–Crippen LogP) is 4.67. The van der Waals surface area contributed by atoms with Gasteiger partial charge in [-0.2, -0.15) is 5.26 Å². The summed E-state index contributed by atoms with van der Waals surface area (Å²) in [5.41, 5.74) is 0.346. The highest BCUT2D eigenvalue weighted by atomic mass is 35.5. The fourth-order valence-electron chi connectivity index (χ4n) is 5.74. The molecule has 0 spiro atoms. The SMILES string of the molecule is COc1cc(C(=O)OC(C)OC(=O)N2CCNCC2)ccc1NC(=O)[C@@H]1NC(CC(C)(C)C)C(C#N)C1c1cccc(Cl)c1F. The Morgan fingerprint density at radius 1 is 1.18 bits per heavy atom. The van der Waals surface area contributed by atoms with Crippen molar-refractivity contribution in [2.24, 2.45) is 11.3 Å². The summed E-state index contributed by atoms with van der Waals surface area (Å²) < 4.78 is 31.3. The molecule has 2 saturated heterocycles. The molecule has 0 aromatic heterocycles. The van der Waals surface area contributed by atoms with Gasteiger partial charge in [-0.1, -0.05) is 44.5 Å². The number of piperazine rings is 1. The number of amides is 2. The minimum atomic E-state index is -1.14. The van der Waals surface area contributed by atoms with E-state index in [0.717, 1.165) is 0 Å². The first-order chi connectivity index (χ1) is 21.3. The van der Waals surface area contributed by atoms with Gasteiger partial charge >= 0.3 is 12.1 Å². The van der Waals surface area contributed by atoms with Crippen molar-refractivity contribution in [1.29, 1.82) is 5.26 Å². The second-order valence-electron chi connectivity index (χ2n) is 12.3. The van der Waals surface area contributed by atoms with Crippen molar-refractivity contribution in [3.8, 4) is 11.8 Å². The number of nitrogens with one attached hydrogen (secondary N) is 3. The molecule has 2 aliphatic rings. The summed E-state index contributed by atoms with van der Waals surface area (Å²) >= 11 is 6.09. The molecule has 242 valence electrons. The minimum Gasteiger partial charge on any atom is -0.495 e. The summed E-state index contributed by atoms with van der Waals surface area (Å²) in [5, 5.41) is 19.3. The zero-order valence-electron chi connectivity index (χ0n) is 26.0. The first-order valence-electron chi connectivity index (χ1n) is 14.8. The number of nitriles is 1. The van der Waals surface area contributed by atoms with Crippen LogP contribution in [-0.4, -0.2) is 74.5 Å². The minimum absolute atomic E-state index is 0.0976. The average molecular weight is 644 g/mol. The molecule has 45 heavy (non-hydrogen) atoms. The highest BCUT2D eigenvalue weighted by molar-refractivity contribution is 6.30. The second kappa shape index (κ2) is 14.5. The topological polar surface area (TPSA) is 142 Å². The van der Waals surface area contributed by atoms with Crippen LogP contribution in [0.2, 0.25) is 5.02 Å². The fourth-order valence-corrected chi connectivity index (χ4v) is 5.92. The van der Waals surface area contributed by atoms with Gasteiger partial charge in [0.15, 0.2) is 0 Å². The van der Waals surface area contributed by atoms with E-state index in [1.165, 1.54) is 43.2 Å².